The average molecular weight is 517 g/mol. The molecule has 0 radical (unpaired) electrons. The van der Waals surface area contributed by atoms with E-state index in [1.807, 2.05) is 74.5 Å². The number of nitrogens with zero attached hydrogens (tertiary/aromatic N) is 1. The summed E-state index contributed by atoms with van der Waals surface area (Å²) < 4.78 is 1.55. The molecule has 0 aliphatic rings. The van der Waals surface area contributed by atoms with Crippen LogP contribution in [-0.2, 0) is 22.4 Å². The van der Waals surface area contributed by atoms with E-state index in [-0.39, 0.29) is 17.9 Å². The second-order valence-corrected chi connectivity index (χ2v) is 10.6. The lowest BCUT2D eigenvalue weighted by atomic mass is 9.96. The summed E-state index contributed by atoms with van der Waals surface area (Å²) in [5.41, 5.74) is 4.23. The fourth-order valence-corrected chi connectivity index (χ4v) is 4.89. The Labute approximate surface area is 225 Å². The predicted octanol–water partition coefficient (Wildman–Crippen LogP) is 6.01. The molecule has 0 saturated carbocycles. The number of carboxylic acid groups (broad SMARTS) is 1. The SMILES string of the molecule is CCCCC(C(=O)N[C@@H](CC(=O)O)c1cccc(CC(C)C)c1)n1cc(C)cc(Cc2ccccc2)c1=O. The molecule has 2 atom stereocenters. The van der Waals surface area contributed by atoms with Gasteiger partial charge in [-0.1, -0.05) is 88.2 Å². The van der Waals surface area contributed by atoms with Gasteiger partial charge in [0.1, 0.15) is 6.04 Å². The molecule has 1 heterocycles. The van der Waals surface area contributed by atoms with Crippen molar-refractivity contribution in [2.24, 2.45) is 5.92 Å². The highest BCUT2D eigenvalue weighted by Crippen LogP contribution is 2.23. The van der Waals surface area contributed by atoms with Crippen molar-refractivity contribution in [3.8, 4) is 0 Å². The Morgan fingerprint density at radius 2 is 1.71 bits per heavy atom. The highest BCUT2D eigenvalue weighted by molar-refractivity contribution is 5.81. The van der Waals surface area contributed by atoms with Gasteiger partial charge in [-0.2, -0.15) is 0 Å². The third kappa shape index (κ3) is 8.17. The van der Waals surface area contributed by atoms with Gasteiger partial charge in [0.05, 0.1) is 12.5 Å². The van der Waals surface area contributed by atoms with E-state index in [4.69, 9.17) is 0 Å². The topological polar surface area (TPSA) is 88.4 Å². The highest BCUT2D eigenvalue weighted by atomic mass is 16.4. The van der Waals surface area contributed by atoms with Gasteiger partial charge in [0, 0.05) is 18.2 Å². The monoisotopic (exact) mass is 516 g/mol. The molecule has 0 saturated heterocycles. The van der Waals surface area contributed by atoms with Crippen LogP contribution < -0.4 is 10.9 Å². The number of aliphatic carboxylic acids is 1. The Bertz CT molecular complexity index is 1280. The number of pyridine rings is 1. The van der Waals surface area contributed by atoms with E-state index in [1.54, 1.807) is 10.8 Å². The first kappa shape index (κ1) is 28.9. The molecule has 0 fully saturated rings. The van der Waals surface area contributed by atoms with Crippen LogP contribution in [-0.4, -0.2) is 21.6 Å². The van der Waals surface area contributed by atoms with E-state index in [1.165, 1.54) is 0 Å². The van der Waals surface area contributed by atoms with Crippen LogP contribution in [0.3, 0.4) is 0 Å². The van der Waals surface area contributed by atoms with Gasteiger partial charge in [-0.3, -0.25) is 14.4 Å². The Kier molecular flexibility index (Phi) is 10.5. The first-order chi connectivity index (χ1) is 18.2. The maximum atomic E-state index is 13.7. The van der Waals surface area contributed by atoms with Crippen molar-refractivity contribution in [2.45, 2.75) is 78.3 Å². The number of carbonyl (C=O) groups excluding carboxylic acids is 1. The van der Waals surface area contributed by atoms with E-state index < -0.39 is 18.1 Å². The van der Waals surface area contributed by atoms with E-state index in [0.717, 1.165) is 41.5 Å². The van der Waals surface area contributed by atoms with Crippen LogP contribution in [0.15, 0.2) is 71.7 Å². The quantitative estimate of drug-likeness (QED) is 0.291. The number of amides is 1. The molecule has 6 nitrogen and oxygen atoms in total. The van der Waals surface area contributed by atoms with Crippen molar-refractivity contribution in [2.75, 3.05) is 0 Å². The highest BCUT2D eigenvalue weighted by Gasteiger charge is 2.26. The van der Waals surface area contributed by atoms with Gasteiger partial charge in [0.15, 0.2) is 0 Å². The largest absolute Gasteiger partial charge is 0.481 e. The Morgan fingerprint density at radius 1 is 1.00 bits per heavy atom. The molecule has 3 aromatic rings. The first-order valence-electron chi connectivity index (χ1n) is 13.5. The second kappa shape index (κ2) is 13.8. The van der Waals surface area contributed by atoms with Crippen LogP contribution in [0, 0.1) is 12.8 Å². The molecule has 3 rings (SSSR count). The molecule has 0 bridgehead atoms. The molecule has 6 heteroatoms. The predicted molar refractivity (Wildman–Crippen MR) is 151 cm³/mol. The van der Waals surface area contributed by atoms with E-state index >= 15 is 0 Å². The Morgan fingerprint density at radius 3 is 2.37 bits per heavy atom. The zero-order valence-corrected chi connectivity index (χ0v) is 22.9. The van der Waals surface area contributed by atoms with Gasteiger partial charge in [-0.15, -0.1) is 0 Å². The van der Waals surface area contributed by atoms with Crippen LogP contribution in [0.2, 0.25) is 0 Å². The van der Waals surface area contributed by atoms with Gasteiger partial charge in [0.2, 0.25) is 5.91 Å². The van der Waals surface area contributed by atoms with Crippen molar-refractivity contribution in [1.29, 1.82) is 0 Å². The number of aryl methyl sites for hydroxylation is 1. The van der Waals surface area contributed by atoms with Crippen molar-refractivity contribution >= 4 is 11.9 Å². The molecular formula is C32H40N2O4. The molecule has 0 aliphatic heterocycles. The number of hydrogen-bond acceptors (Lipinski definition) is 3. The average Bonchev–Trinajstić information content (AvgIpc) is 2.86. The van der Waals surface area contributed by atoms with Gasteiger partial charge in [0.25, 0.3) is 5.56 Å². The first-order valence-corrected chi connectivity index (χ1v) is 13.5. The maximum Gasteiger partial charge on any atom is 0.305 e. The van der Waals surface area contributed by atoms with Crippen LogP contribution in [0.5, 0.6) is 0 Å². The molecule has 0 aliphatic carbocycles. The van der Waals surface area contributed by atoms with Crippen molar-refractivity contribution in [3.05, 3.63) is 105 Å². The lowest BCUT2D eigenvalue weighted by molar-refractivity contribution is -0.138. The lowest BCUT2D eigenvalue weighted by Gasteiger charge is -2.25. The summed E-state index contributed by atoms with van der Waals surface area (Å²) in [6.07, 6.45) is 4.98. The number of rotatable bonds is 13. The summed E-state index contributed by atoms with van der Waals surface area (Å²) in [4.78, 5) is 39.1. The molecule has 2 aromatic carbocycles. The van der Waals surface area contributed by atoms with Crippen molar-refractivity contribution in [1.82, 2.24) is 9.88 Å². The van der Waals surface area contributed by atoms with E-state index in [0.29, 0.717) is 24.3 Å². The molecule has 202 valence electrons. The minimum Gasteiger partial charge on any atom is -0.481 e. The molecule has 1 unspecified atom stereocenters. The molecule has 2 N–H and O–H groups in total. The normalized spacial score (nSPS) is 12.8. The lowest BCUT2D eigenvalue weighted by Crippen LogP contribution is -2.40. The van der Waals surface area contributed by atoms with E-state index in [2.05, 4.69) is 19.2 Å². The second-order valence-electron chi connectivity index (χ2n) is 10.6. The van der Waals surface area contributed by atoms with Gasteiger partial charge in [-0.25, -0.2) is 0 Å². The third-order valence-corrected chi connectivity index (χ3v) is 6.65. The smallest absolute Gasteiger partial charge is 0.305 e. The number of nitrogens with one attached hydrogen (secondary N) is 1. The Hall–Kier alpha value is -3.67. The minimum atomic E-state index is -0.993. The summed E-state index contributed by atoms with van der Waals surface area (Å²) in [5, 5.41) is 12.6. The molecule has 1 amide bonds. The zero-order chi connectivity index (χ0) is 27.7. The number of hydrogen-bond donors (Lipinski definition) is 2. The molecule has 0 spiro atoms. The summed E-state index contributed by atoms with van der Waals surface area (Å²) in [6.45, 7) is 8.23. The number of carbonyl (C=O) groups is 2. The number of benzene rings is 2. The maximum absolute atomic E-state index is 13.7. The van der Waals surface area contributed by atoms with Gasteiger partial charge in [-0.05, 0) is 54.0 Å². The van der Waals surface area contributed by atoms with Gasteiger partial charge < -0.3 is 15.0 Å². The van der Waals surface area contributed by atoms with Crippen LogP contribution in [0.4, 0.5) is 0 Å². The molecule has 38 heavy (non-hydrogen) atoms. The van der Waals surface area contributed by atoms with Crippen LogP contribution in [0.1, 0.15) is 86.4 Å². The van der Waals surface area contributed by atoms with Crippen LogP contribution in [0.25, 0.3) is 0 Å². The number of carboxylic acids is 1. The summed E-state index contributed by atoms with van der Waals surface area (Å²) >= 11 is 0. The molecular weight excluding hydrogens is 476 g/mol. The summed E-state index contributed by atoms with van der Waals surface area (Å²) in [5.74, 6) is -0.876. The zero-order valence-electron chi connectivity index (χ0n) is 22.9. The van der Waals surface area contributed by atoms with Crippen molar-refractivity contribution in [3.63, 3.8) is 0 Å². The number of aromatic nitrogens is 1. The van der Waals surface area contributed by atoms with E-state index in [9.17, 15) is 19.5 Å². The standard InChI is InChI=1S/C32H40N2O4/c1-5-6-15-29(34-21-23(4)17-27(32(34)38)18-24-11-8-7-9-12-24)31(37)33-28(20-30(35)36)26-14-10-13-25(19-26)16-22(2)3/h7-14,17,19,21-22,28-29H,5-6,15-16,18,20H2,1-4H3,(H,33,37)(H,35,36)/t28-,29?/m0/s1. The fraction of sp³-hybridized carbons (Fsp3) is 0.406. The van der Waals surface area contributed by atoms with Crippen molar-refractivity contribution < 1.29 is 14.7 Å². The summed E-state index contributed by atoms with van der Waals surface area (Å²) in [6, 6.07) is 18.0. The van der Waals surface area contributed by atoms with Crippen LogP contribution >= 0.6 is 0 Å². The number of unbranched alkanes of at least 4 members (excludes halogenated alkanes) is 1. The minimum absolute atomic E-state index is 0.190. The van der Waals surface area contributed by atoms with Gasteiger partial charge >= 0.3 is 5.97 Å². The summed E-state index contributed by atoms with van der Waals surface area (Å²) in [7, 11) is 0. The fourth-order valence-electron chi connectivity index (χ4n) is 4.89. The third-order valence-electron chi connectivity index (χ3n) is 6.65. The molecule has 1 aromatic heterocycles. The Balaban J connectivity index is 1.95.